The summed E-state index contributed by atoms with van der Waals surface area (Å²) in [5.74, 6) is 3.19. The van der Waals surface area contributed by atoms with E-state index in [0.29, 0.717) is 10.5 Å². The highest BCUT2D eigenvalue weighted by atomic mass is 32.2. The lowest BCUT2D eigenvalue weighted by Crippen LogP contribution is -2.38. The molecule has 0 saturated carbocycles. The molecule has 1 rings (SSSR count). The van der Waals surface area contributed by atoms with E-state index in [-0.39, 0.29) is 0 Å². The molecule has 12 heavy (non-hydrogen) atoms. The van der Waals surface area contributed by atoms with Gasteiger partial charge >= 0.3 is 0 Å². The van der Waals surface area contributed by atoms with Gasteiger partial charge in [0.05, 0.1) is 5.25 Å². The topological polar surface area (TPSA) is 27.1 Å². The Bertz CT molecular complexity index is 170. The van der Waals surface area contributed by atoms with Crippen molar-refractivity contribution in [1.29, 1.82) is 5.41 Å². The number of rotatable bonds is 1. The van der Waals surface area contributed by atoms with Crippen molar-refractivity contribution in [2.45, 2.75) is 17.4 Å². The van der Waals surface area contributed by atoms with E-state index in [0.717, 1.165) is 5.84 Å². The van der Waals surface area contributed by atoms with Crippen molar-refractivity contribution in [1.82, 2.24) is 4.90 Å². The van der Waals surface area contributed by atoms with Gasteiger partial charge in [-0.1, -0.05) is 6.92 Å². The van der Waals surface area contributed by atoms with E-state index in [1.807, 2.05) is 42.5 Å². The fourth-order valence-electron chi connectivity index (χ4n) is 1.19. The Morgan fingerprint density at radius 3 is 2.42 bits per heavy atom. The molecule has 0 radical (unpaired) electrons. The number of amidine groups is 1. The molecule has 2 unspecified atom stereocenters. The van der Waals surface area contributed by atoms with Crippen LogP contribution in [-0.2, 0) is 0 Å². The highest BCUT2D eigenvalue weighted by Gasteiger charge is 2.27. The lowest BCUT2D eigenvalue weighted by atomic mass is 10.3. The average molecular weight is 204 g/mol. The lowest BCUT2D eigenvalue weighted by Gasteiger charge is -2.31. The first-order valence-electron chi connectivity index (χ1n) is 4.12. The Balaban J connectivity index is 2.53. The molecule has 1 saturated heterocycles. The Morgan fingerprint density at radius 2 is 1.92 bits per heavy atom. The van der Waals surface area contributed by atoms with Gasteiger partial charge in [-0.15, -0.1) is 11.8 Å². The molecule has 70 valence electrons. The molecular weight excluding hydrogens is 188 g/mol. The van der Waals surface area contributed by atoms with E-state index in [2.05, 4.69) is 6.92 Å². The van der Waals surface area contributed by atoms with Gasteiger partial charge in [-0.25, -0.2) is 0 Å². The van der Waals surface area contributed by atoms with Crippen LogP contribution in [0.15, 0.2) is 0 Å². The molecule has 4 heteroatoms. The first-order chi connectivity index (χ1) is 5.63. The van der Waals surface area contributed by atoms with Crippen LogP contribution < -0.4 is 0 Å². The normalized spacial score (nSPS) is 29.9. The standard InChI is InChI=1S/C8H16N2S2/c1-6-7(8(9)10(2)3)12-5-4-11-6/h6-7,9H,4-5H2,1-3H3. The fourth-order valence-corrected chi connectivity index (χ4v) is 4.00. The van der Waals surface area contributed by atoms with Crippen molar-refractivity contribution in [3.8, 4) is 0 Å². The molecule has 0 aromatic heterocycles. The van der Waals surface area contributed by atoms with Crippen LogP contribution >= 0.6 is 23.5 Å². The molecule has 0 aromatic carbocycles. The Kier molecular flexibility index (Phi) is 3.77. The molecule has 0 aliphatic carbocycles. The van der Waals surface area contributed by atoms with Crippen molar-refractivity contribution in [3.63, 3.8) is 0 Å². The minimum absolute atomic E-state index is 0.402. The van der Waals surface area contributed by atoms with Crippen LogP contribution in [0.1, 0.15) is 6.92 Å². The Hall–Kier alpha value is 0.170. The zero-order valence-corrected chi connectivity index (χ0v) is 9.47. The Morgan fingerprint density at radius 1 is 1.33 bits per heavy atom. The molecular formula is C8H16N2S2. The van der Waals surface area contributed by atoms with Gasteiger partial charge in [0.2, 0.25) is 0 Å². The highest BCUT2D eigenvalue weighted by Crippen LogP contribution is 2.31. The summed E-state index contributed by atoms with van der Waals surface area (Å²) in [5.41, 5.74) is 0. The van der Waals surface area contributed by atoms with E-state index in [9.17, 15) is 0 Å². The SMILES string of the molecule is CC1SCCSC1C(=N)N(C)C. The third kappa shape index (κ3) is 2.33. The molecule has 1 fully saturated rings. The summed E-state index contributed by atoms with van der Waals surface area (Å²) in [7, 11) is 3.91. The van der Waals surface area contributed by atoms with E-state index < -0.39 is 0 Å². The quantitative estimate of drug-likeness (QED) is 0.521. The van der Waals surface area contributed by atoms with Gasteiger partial charge in [0, 0.05) is 30.9 Å². The summed E-state index contributed by atoms with van der Waals surface area (Å²) >= 11 is 3.90. The van der Waals surface area contributed by atoms with Crippen LogP contribution in [0, 0.1) is 5.41 Å². The molecule has 0 bridgehead atoms. The van der Waals surface area contributed by atoms with E-state index >= 15 is 0 Å². The third-order valence-corrected chi connectivity index (χ3v) is 5.04. The number of nitrogens with one attached hydrogen (secondary N) is 1. The van der Waals surface area contributed by atoms with Gasteiger partial charge < -0.3 is 4.90 Å². The number of nitrogens with zero attached hydrogens (tertiary/aromatic N) is 1. The van der Waals surface area contributed by atoms with Crippen LogP contribution in [-0.4, -0.2) is 46.8 Å². The predicted octanol–water partition coefficient (Wildman–Crippen LogP) is 1.76. The summed E-state index contributed by atoms with van der Waals surface area (Å²) in [4.78, 5) is 1.92. The maximum absolute atomic E-state index is 7.86. The molecule has 2 nitrogen and oxygen atoms in total. The van der Waals surface area contributed by atoms with Gasteiger partial charge in [-0.3, -0.25) is 5.41 Å². The highest BCUT2D eigenvalue weighted by molar-refractivity contribution is 8.07. The van der Waals surface area contributed by atoms with Gasteiger partial charge in [0.1, 0.15) is 5.84 Å². The second kappa shape index (κ2) is 4.42. The molecule has 0 amide bonds. The molecule has 1 aliphatic rings. The van der Waals surface area contributed by atoms with E-state index in [1.165, 1.54) is 11.5 Å². The van der Waals surface area contributed by atoms with Crippen molar-refractivity contribution in [2.75, 3.05) is 25.6 Å². The van der Waals surface area contributed by atoms with Crippen molar-refractivity contribution < 1.29 is 0 Å². The second-order valence-electron chi connectivity index (χ2n) is 3.15. The van der Waals surface area contributed by atoms with Crippen LogP contribution in [0.25, 0.3) is 0 Å². The van der Waals surface area contributed by atoms with E-state index in [1.54, 1.807) is 0 Å². The van der Waals surface area contributed by atoms with Gasteiger partial charge in [-0.05, 0) is 0 Å². The maximum atomic E-state index is 7.86. The first kappa shape index (κ1) is 10.3. The predicted molar refractivity (Wildman–Crippen MR) is 59.6 cm³/mol. The zero-order chi connectivity index (χ0) is 9.14. The first-order valence-corrected chi connectivity index (χ1v) is 6.21. The van der Waals surface area contributed by atoms with E-state index in [4.69, 9.17) is 5.41 Å². The largest absolute Gasteiger partial charge is 0.366 e. The van der Waals surface area contributed by atoms with Gasteiger partial charge in [0.25, 0.3) is 0 Å². The van der Waals surface area contributed by atoms with Gasteiger partial charge in [0.15, 0.2) is 0 Å². The molecule has 1 aliphatic heterocycles. The molecule has 1 heterocycles. The second-order valence-corrected chi connectivity index (χ2v) is 5.88. The molecule has 2 atom stereocenters. The average Bonchev–Trinajstić information content (AvgIpc) is 2.04. The van der Waals surface area contributed by atoms with Crippen molar-refractivity contribution in [2.24, 2.45) is 0 Å². The van der Waals surface area contributed by atoms with Crippen LogP contribution in [0.3, 0.4) is 0 Å². The summed E-state index contributed by atoms with van der Waals surface area (Å²) in [5, 5.41) is 8.86. The number of hydrogen-bond acceptors (Lipinski definition) is 3. The third-order valence-electron chi connectivity index (χ3n) is 1.94. The van der Waals surface area contributed by atoms with Crippen LogP contribution in [0.2, 0.25) is 0 Å². The number of thioether (sulfide) groups is 2. The van der Waals surface area contributed by atoms with Crippen LogP contribution in [0.4, 0.5) is 0 Å². The minimum atomic E-state index is 0.402. The molecule has 1 N–H and O–H groups in total. The molecule has 0 spiro atoms. The minimum Gasteiger partial charge on any atom is -0.366 e. The maximum Gasteiger partial charge on any atom is 0.110 e. The monoisotopic (exact) mass is 204 g/mol. The van der Waals surface area contributed by atoms with Gasteiger partial charge in [-0.2, -0.15) is 11.8 Å². The summed E-state index contributed by atoms with van der Waals surface area (Å²) in [6.07, 6.45) is 0. The smallest absolute Gasteiger partial charge is 0.110 e. The Labute approximate surface area is 83.0 Å². The van der Waals surface area contributed by atoms with Crippen molar-refractivity contribution >= 4 is 29.4 Å². The summed E-state index contributed by atoms with van der Waals surface area (Å²) < 4.78 is 0. The lowest BCUT2D eigenvalue weighted by molar-refractivity contribution is 0.599. The van der Waals surface area contributed by atoms with Crippen LogP contribution in [0.5, 0.6) is 0 Å². The molecule has 0 aromatic rings. The number of hydrogen-bond donors (Lipinski definition) is 1. The van der Waals surface area contributed by atoms with Crippen molar-refractivity contribution in [3.05, 3.63) is 0 Å². The zero-order valence-electron chi connectivity index (χ0n) is 7.83. The summed E-state index contributed by atoms with van der Waals surface area (Å²) in [6, 6.07) is 0. The summed E-state index contributed by atoms with van der Waals surface area (Å²) in [6.45, 7) is 2.22. The fraction of sp³-hybridized carbons (Fsp3) is 0.875.